The van der Waals surface area contributed by atoms with Crippen molar-refractivity contribution in [3.8, 4) is 12.3 Å². The first-order valence-corrected chi connectivity index (χ1v) is 11.8. The van der Waals surface area contributed by atoms with Crippen LogP contribution in [0.2, 0.25) is 0 Å². The van der Waals surface area contributed by atoms with Crippen molar-refractivity contribution in [3.05, 3.63) is 70.8 Å². The van der Waals surface area contributed by atoms with Crippen molar-refractivity contribution in [1.29, 1.82) is 0 Å². The van der Waals surface area contributed by atoms with Crippen LogP contribution in [0.1, 0.15) is 54.5 Å². The Morgan fingerprint density at radius 2 is 1.68 bits per heavy atom. The van der Waals surface area contributed by atoms with Crippen molar-refractivity contribution in [2.24, 2.45) is 5.92 Å². The van der Waals surface area contributed by atoms with Gasteiger partial charge in [-0.1, -0.05) is 43.2 Å². The number of rotatable bonds is 5. The van der Waals surface area contributed by atoms with Gasteiger partial charge in [-0.25, -0.2) is 0 Å². The van der Waals surface area contributed by atoms with Crippen molar-refractivity contribution >= 4 is 5.91 Å². The molecule has 0 aromatic heterocycles. The number of alkyl halides is 6. The number of halogens is 6. The van der Waals surface area contributed by atoms with Gasteiger partial charge in [0.2, 0.25) is 5.91 Å². The molecule has 2 N–H and O–H groups in total. The first-order valence-electron chi connectivity index (χ1n) is 11.8. The number of carbonyl (C=O) groups excluding carboxylic acids is 1. The zero-order valence-electron chi connectivity index (χ0n) is 20.0. The normalized spacial score (nSPS) is 27.1. The molecule has 198 valence electrons. The van der Waals surface area contributed by atoms with Gasteiger partial charge in [0.05, 0.1) is 28.8 Å². The van der Waals surface area contributed by atoms with Crippen LogP contribution >= 0.6 is 0 Å². The predicted octanol–water partition coefficient (Wildman–Crippen LogP) is 5.59. The third-order valence-electron chi connectivity index (χ3n) is 7.45. The summed E-state index contributed by atoms with van der Waals surface area (Å²) in [5, 5.41) is 6.53. The second-order valence-electron chi connectivity index (χ2n) is 9.81. The minimum Gasteiger partial charge on any atom is -0.359 e. The van der Waals surface area contributed by atoms with Gasteiger partial charge in [-0.05, 0) is 48.1 Å². The summed E-state index contributed by atoms with van der Waals surface area (Å²) in [5.41, 5.74) is -3.74. The minimum absolute atomic E-state index is 0.0322. The van der Waals surface area contributed by atoms with E-state index in [1.807, 2.05) is 37.3 Å². The van der Waals surface area contributed by atoms with E-state index in [1.165, 1.54) is 0 Å². The van der Waals surface area contributed by atoms with Crippen LogP contribution in [0.3, 0.4) is 0 Å². The van der Waals surface area contributed by atoms with Gasteiger partial charge in [-0.3, -0.25) is 4.79 Å². The number of hydrogen-bond acceptors (Lipinski definition) is 3. The molecule has 2 heterocycles. The molecule has 2 saturated heterocycles. The SMILES string of the molecule is C#C[C@@H](OC[C@@]1(c2ccccc2)CC[C@]2(CN1)NC(=O)CC2C)c1cc(C(F)(F)F)cc(C(F)(F)F)c1. The van der Waals surface area contributed by atoms with Crippen LogP contribution in [-0.4, -0.2) is 24.6 Å². The monoisotopic (exact) mass is 524 g/mol. The number of hydrogen-bond donors (Lipinski definition) is 2. The van der Waals surface area contributed by atoms with Crippen molar-refractivity contribution in [1.82, 2.24) is 10.6 Å². The average Bonchev–Trinajstić information content (AvgIpc) is 3.12. The highest BCUT2D eigenvalue weighted by molar-refractivity contribution is 5.80. The summed E-state index contributed by atoms with van der Waals surface area (Å²) in [6.45, 7) is 2.30. The van der Waals surface area contributed by atoms with Gasteiger partial charge >= 0.3 is 12.4 Å². The molecule has 0 bridgehead atoms. The molecule has 1 amide bonds. The van der Waals surface area contributed by atoms with Crippen LogP contribution in [0.25, 0.3) is 0 Å². The lowest BCUT2D eigenvalue weighted by Gasteiger charge is -2.48. The lowest BCUT2D eigenvalue weighted by atomic mass is 9.72. The van der Waals surface area contributed by atoms with E-state index in [2.05, 4.69) is 16.6 Å². The highest BCUT2D eigenvalue weighted by Gasteiger charge is 2.50. The van der Waals surface area contributed by atoms with Gasteiger partial charge in [0.15, 0.2) is 0 Å². The van der Waals surface area contributed by atoms with Crippen LogP contribution in [0.5, 0.6) is 0 Å². The van der Waals surface area contributed by atoms with Crippen molar-refractivity contribution < 1.29 is 35.9 Å². The lowest BCUT2D eigenvalue weighted by Crippen LogP contribution is -2.63. The van der Waals surface area contributed by atoms with Crippen LogP contribution in [-0.2, 0) is 27.4 Å². The number of carbonyl (C=O) groups is 1. The van der Waals surface area contributed by atoms with E-state index in [1.54, 1.807) is 0 Å². The molecular formula is C27H26F6N2O2. The van der Waals surface area contributed by atoms with Crippen LogP contribution in [0, 0.1) is 18.3 Å². The average molecular weight is 525 g/mol. The van der Waals surface area contributed by atoms with E-state index in [0.717, 1.165) is 5.56 Å². The molecule has 10 heteroatoms. The zero-order chi connectivity index (χ0) is 27.1. The molecule has 2 aromatic carbocycles. The highest BCUT2D eigenvalue weighted by atomic mass is 19.4. The maximum Gasteiger partial charge on any atom is 0.416 e. The van der Waals surface area contributed by atoms with Gasteiger partial charge in [-0.2, -0.15) is 26.3 Å². The number of terminal acetylenes is 1. The van der Waals surface area contributed by atoms with Gasteiger partial charge < -0.3 is 15.4 Å². The van der Waals surface area contributed by atoms with E-state index in [0.29, 0.717) is 37.9 Å². The van der Waals surface area contributed by atoms with Gasteiger partial charge in [-0.15, -0.1) is 6.42 Å². The van der Waals surface area contributed by atoms with Crippen molar-refractivity contribution in [3.63, 3.8) is 0 Å². The summed E-state index contributed by atoms with van der Waals surface area (Å²) in [6.07, 6.45) is -4.40. The number of benzene rings is 2. The highest BCUT2D eigenvalue weighted by Crippen LogP contribution is 2.42. The Morgan fingerprint density at radius 3 is 2.14 bits per heavy atom. The molecule has 37 heavy (non-hydrogen) atoms. The van der Waals surface area contributed by atoms with Crippen molar-refractivity contribution in [2.75, 3.05) is 13.2 Å². The standard InChI is InChI=1S/C27H26F6N2O2/c1-3-22(18-12-20(26(28,29)30)14-21(13-18)27(31,32)33)37-16-25(19-7-5-4-6-8-19)10-9-24(15-34-25)17(2)11-23(36)35-24/h1,4-8,12-14,17,22,34H,9-11,15-16H2,2H3,(H,35,36)/t17?,22-,24-,25-/m1/s1. The molecule has 0 saturated carbocycles. The van der Waals surface area contributed by atoms with E-state index < -0.39 is 46.2 Å². The Morgan fingerprint density at radius 1 is 1.05 bits per heavy atom. The zero-order valence-corrected chi connectivity index (χ0v) is 20.0. The number of nitrogens with one attached hydrogen (secondary N) is 2. The third-order valence-corrected chi connectivity index (χ3v) is 7.45. The summed E-state index contributed by atoms with van der Waals surface area (Å²) in [6, 6.07) is 10.4. The largest absolute Gasteiger partial charge is 0.416 e. The molecule has 1 spiro atoms. The first-order chi connectivity index (χ1) is 17.3. The topological polar surface area (TPSA) is 50.4 Å². The quantitative estimate of drug-likeness (QED) is 0.396. The lowest BCUT2D eigenvalue weighted by molar-refractivity contribution is -0.143. The predicted molar refractivity (Wildman–Crippen MR) is 124 cm³/mol. The van der Waals surface area contributed by atoms with Crippen molar-refractivity contribution in [2.45, 2.75) is 55.7 Å². The Balaban J connectivity index is 1.63. The molecule has 1 unspecified atom stereocenters. The molecule has 0 aliphatic carbocycles. The molecule has 4 atom stereocenters. The Hall–Kier alpha value is -3.03. The van der Waals surface area contributed by atoms with E-state index in [9.17, 15) is 31.1 Å². The molecule has 2 fully saturated rings. The van der Waals surface area contributed by atoms with E-state index in [4.69, 9.17) is 11.2 Å². The molecule has 2 aliphatic rings. The maximum absolute atomic E-state index is 13.4. The molecule has 4 rings (SSSR count). The molecule has 2 aliphatic heterocycles. The number of ether oxygens (including phenoxy) is 1. The fourth-order valence-corrected chi connectivity index (χ4v) is 5.20. The molecule has 0 radical (unpaired) electrons. The Labute approximate surface area is 210 Å². The first kappa shape index (κ1) is 27.0. The van der Waals surface area contributed by atoms with Gasteiger partial charge in [0.25, 0.3) is 0 Å². The smallest absolute Gasteiger partial charge is 0.359 e. The minimum atomic E-state index is -5.00. The molecular weight excluding hydrogens is 498 g/mol. The third kappa shape index (κ3) is 5.48. The second-order valence-corrected chi connectivity index (χ2v) is 9.81. The summed E-state index contributed by atoms with van der Waals surface area (Å²) in [7, 11) is 0. The van der Waals surface area contributed by atoms with Crippen LogP contribution in [0.4, 0.5) is 26.3 Å². The number of piperidine rings is 1. The van der Waals surface area contributed by atoms with E-state index >= 15 is 0 Å². The molecule has 4 nitrogen and oxygen atoms in total. The second kappa shape index (κ2) is 9.69. The molecule has 2 aromatic rings. The number of amides is 1. The van der Waals surface area contributed by atoms with Gasteiger partial charge in [0, 0.05) is 13.0 Å². The summed E-state index contributed by atoms with van der Waals surface area (Å²) < 4.78 is 86.1. The fourth-order valence-electron chi connectivity index (χ4n) is 5.20. The fraction of sp³-hybridized carbons (Fsp3) is 0.444. The van der Waals surface area contributed by atoms with E-state index in [-0.39, 0.29) is 24.5 Å². The Kier molecular flexibility index (Phi) is 7.08. The summed E-state index contributed by atoms with van der Waals surface area (Å²) in [4.78, 5) is 12.0. The Bertz CT molecular complexity index is 1150. The maximum atomic E-state index is 13.4. The van der Waals surface area contributed by atoms with Crippen LogP contribution in [0.15, 0.2) is 48.5 Å². The van der Waals surface area contributed by atoms with Gasteiger partial charge in [0.1, 0.15) is 6.10 Å². The summed E-state index contributed by atoms with van der Waals surface area (Å²) >= 11 is 0. The van der Waals surface area contributed by atoms with Crippen LogP contribution < -0.4 is 10.6 Å². The summed E-state index contributed by atoms with van der Waals surface area (Å²) in [5.74, 6) is 2.26.